The van der Waals surface area contributed by atoms with Gasteiger partial charge in [0, 0.05) is 5.56 Å². The van der Waals surface area contributed by atoms with Crippen molar-refractivity contribution in [2.75, 3.05) is 13.7 Å². The van der Waals surface area contributed by atoms with Gasteiger partial charge in [-0.15, -0.1) is 0 Å². The minimum absolute atomic E-state index is 0.632. The molecule has 0 bridgehead atoms. The Labute approximate surface area is 126 Å². The van der Waals surface area contributed by atoms with Crippen molar-refractivity contribution >= 4 is 0 Å². The molecule has 0 saturated heterocycles. The van der Waals surface area contributed by atoms with Gasteiger partial charge in [-0.25, -0.2) is 0 Å². The lowest BCUT2D eigenvalue weighted by molar-refractivity contribution is 0.214. The number of aliphatic hydroxyl groups excluding tert-OH is 1. The maximum atomic E-state index is 10.6. The molecule has 21 heavy (non-hydrogen) atoms. The number of rotatable bonds is 5. The lowest BCUT2D eigenvalue weighted by atomic mass is 9.96. The van der Waals surface area contributed by atoms with Crippen LogP contribution in [0.5, 0.6) is 11.5 Å². The summed E-state index contributed by atoms with van der Waals surface area (Å²) in [6, 6.07) is 11.4. The lowest BCUT2D eigenvalue weighted by Gasteiger charge is -2.18. The van der Waals surface area contributed by atoms with Crippen LogP contribution in [-0.4, -0.2) is 18.8 Å². The van der Waals surface area contributed by atoms with E-state index in [0.717, 1.165) is 33.8 Å². The Hall–Kier alpha value is -2.00. The third-order valence-electron chi connectivity index (χ3n) is 3.71. The smallest absolute Gasteiger partial charge is 0.128 e. The summed E-state index contributed by atoms with van der Waals surface area (Å²) in [6.45, 7) is 6.61. The van der Waals surface area contributed by atoms with E-state index in [2.05, 4.69) is 0 Å². The highest BCUT2D eigenvalue weighted by Gasteiger charge is 2.17. The summed E-state index contributed by atoms with van der Waals surface area (Å²) in [4.78, 5) is 0. The van der Waals surface area contributed by atoms with Gasteiger partial charge in [-0.3, -0.25) is 0 Å². The topological polar surface area (TPSA) is 38.7 Å². The van der Waals surface area contributed by atoms with Gasteiger partial charge in [0.25, 0.3) is 0 Å². The summed E-state index contributed by atoms with van der Waals surface area (Å²) < 4.78 is 10.9. The summed E-state index contributed by atoms with van der Waals surface area (Å²) in [5.41, 5.74) is 3.80. The first-order valence-corrected chi connectivity index (χ1v) is 7.13. The van der Waals surface area contributed by atoms with Gasteiger partial charge in [-0.2, -0.15) is 0 Å². The zero-order valence-electron chi connectivity index (χ0n) is 13.0. The second kappa shape index (κ2) is 6.64. The van der Waals surface area contributed by atoms with E-state index < -0.39 is 6.10 Å². The Morgan fingerprint density at radius 3 is 2.29 bits per heavy atom. The molecule has 0 saturated carbocycles. The first kappa shape index (κ1) is 15.4. The van der Waals surface area contributed by atoms with Gasteiger partial charge in [0.2, 0.25) is 0 Å². The van der Waals surface area contributed by atoms with E-state index in [1.807, 2.05) is 57.2 Å². The first-order chi connectivity index (χ1) is 10.1. The summed E-state index contributed by atoms with van der Waals surface area (Å²) in [6.07, 6.45) is -0.713. The van der Waals surface area contributed by atoms with Crippen LogP contribution in [0.25, 0.3) is 0 Å². The van der Waals surface area contributed by atoms with Crippen molar-refractivity contribution in [3.63, 3.8) is 0 Å². The fourth-order valence-corrected chi connectivity index (χ4v) is 2.39. The summed E-state index contributed by atoms with van der Waals surface area (Å²) in [5, 5.41) is 10.6. The quantitative estimate of drug-likeness (QED) is 0.908. The lowest BCUT2D eigenvalue weighted by Crippen LogP contribution is -2.04. The van der Waals surface area contributed by atoms with E-state index in [0.29, 0.717) is 6.61 Å². The molecule has 1 unspecified atom stereocenters. The van der Waals surface area contributed by atoms with E-state index >= 15 is 0 Å². The van der Waals surface area contributed by atoms with Gasteiger partial charge >= 0.3 is 0 Å². The number of methoxy groups -OCH3 is 1. The summed E-state index contributed by atoms with van der Waals surface area (Å²) in [7, 11) is 1.64. The minimum atomic E-state index is -0.713. The number of ether oxygens (including phenoxy) is 2. The molecule has 0 spiro atoms. The van der Waals surface area contributed by atoms with Crippen LogP contribution in [0.4, 0.5) is 0 Å². The van der Waals surface area contributed by atoms with Crippen molar-refractivity contribution in [1.29, 1.82) is 0 Å². The first-order valence-electron chi connectivity index (χ1n) is 7.13. The van der Waals surface area contributed by atoms with Gasteiger partial charge < -0.3 is 14.6 Å². The predicted molar refractivity (Wildman–Crippen MR) is 84.1 cm³/mol. The van der Waals surface area contributed by atoms with Crippen molar-refractivity contribution in [3.05, 3.63) is 58.7 Å². The molecule has 2 aromatic rings. The normalized spacial score (nSPS) is 12.0. The maximum Gasteiger partial charge on any atom is 0.128 e. The Kier molecular flexibility index (Phi) is 4.86. The Morgan fingerprint density at radius 1 is 1.05 bits per heavy atom. The van der Waals surface area contributed by atoms with Crippen molar-refractivity contribution in [3.8, 4) is 11.5 Å². The third-order valence-corrected chi connectivity index (χ3v) is 3.71. The van der Waals surface area contributed by atoms with Crippen LogP contribution in [0.1, 0.15) is 35.3 Å². The standard InChI is InChI=1S/C18H22O3/c1-5-21-15-9-7-14(8-10-15)17(19)16-11-6-12(2)13(3)18(16)20-4/h6-11,17,19H,5H2,1-4H3. The van der Waals surface area contributed by atoms with Gasteiger partial charge in [0.05, 0.1) is 13.7 Å². The summed E-state index contributed by atoms with van der Waals surface area (Å²) in [5.74, 6) is 1.55. The second-order valence-corrected chi connectivity index (χ2v) is 5.03. The number of benzene rings is 2. The molecule has 3 heteroatoms. The van der Waals surface area contributed by atoms with Gasteiger partial charge in [0.1, 0.15) is 17.6 Å². The molecular formula is C18H22O3. The Bertz CT molecular complexity index is 603. The number of aryl methyl sites for hydroxylation is 1. The van der Waals surface area contributed by atoms with Crippen LogP contribution in [0.15, 0.2) is 36.4 Å². The minimum Gasteiger partial charge on any atom is -0.496 e. The molecule has 0 aromatic heterocycles. The fourth-order valence-electron chi connectivity index (χ4n) is 2.39. The molecule has 2 aromatic carbocycles. The van der Waals surface area contributed by atoms with Crippen LogP contribution < -0.4 is 9.47 Å². The van der Waals surface area contributed by atoms with Crippen LogP contribution in [-0.2, 0) is 0 Å². The zero-order valence-corrected chi connectivity index (χ0v) is 13.0. The molecule has 0 heterocycles. The molecule has 0 fully saturated rings. The van der Waals surface area contributed by atoms with Crippen LogP contribution in [0.2, 0.25) is 0 Å². The number of aliphatic hydroxyl groups is 1. The molecule has 112 valence electrons. The molecule has 1 N–H and O–H groups in total. The van der Waals surface area contributed by atoms with E-state index in [9.17, 15) is 5.11 Å². The Balaban J connectivity index is 2.35. The molecular weight excluding hydrogens is 264 g/mol. The van der Waals surface area contributed by atoms with E-state index in [1.165, 1.54) is 0 Å². The number of hydrogen-bond donors (Lipinski definition) is 1. The highest BCUT2D eigenvalue weighted by molar-refractivity contribution is 5.49. The van der Waals surface area contributed by atoms with Crippen LogP contribution in [0, 0.1) is 13.8 Å². The van der Waals surface area contributed by atoms with Gasteiger partial charge in [-0.05, 0) is 49.6 Å². The molecule has 1 atom stereocenters. The zero-order chi connectivity index (χ0) is 15.4. The molecule has 2 rings (SSSR count). The molecule has 0 amide bonds. The van der Waals surface area contributed by atoms with Gasteiger partial charge in [-0.1, -0.05) is 24.3 Å². The Morgan fingerprint density at radius 2 is 1.71 bits per heavy atom. The SMILES string of the molecule is CCOc1ccc(C(O)c2ccc(C)c(C)c2OC)cc1. The molecule has 3 nitrogen and oxygen atoms in total. The second-order valence-electron chi connectivity index (χ2n) is 5.03. The predicted octanol–water partition coefficient (Wildman–Crippen LogP) is 3.79. The van der Waals surface area contributed by atoms with E-state index in [4.69, 9.17) is 9.47 Å². The maximum absolute atomic E-state index is 10.6. The third kappa shape index (κ3) is 3.19. The highest BCUT2D eigenvalue weighted by atomic mass is 16.5. The van der Waals surface area contributed by atoms with Crippen molar-refractivity contribution in [2.24, 2.45) is 0 Å². The van der Waals surface area contributed by atoms with E-state index in [-0.39, 0.29) is 0 Å². The molecule has 0 aliphatic rings. The van der Waals surface area contributed by atoms with Crippen LogP contribution >= 0.6 is 0 Å². The monoisotopic (exact) mass is 286 g/mol. The number of hydrogen-bond acceptors (Lipinski definition) is 3. The average molecular weight is 286 g/mol. The molecule has 0 aliphatic carbocycles. The average Bonchev–Trinajstić information content (AvgIpc) is 2.50. The fraction of sp³-hybridized carbons (Fsp3) is 0.333. The van der Waals surface area contributed by atoms with Crippen LogP contribution in [0.3, 0.4) is 0 Å². The van der Waals surface area contributed by atoms with Crippen molar-refractivity contribution < 1.29 is 14.6 Å². The molecule has 0 aliphatic heterocycles. The van der Waals surface area contributed by atoms with Crippen molar-refractivity contribution in [1.82, 2.24) is 0 Å². The van der Waals surface area contributed by atoms with Gasteiger partial charge in [0.15, 0.2) is 0 Å². The summed E-state index contributed by atoms with van der Waals surface area (Å²) >= 11 is 0. The largest absolute Gasteiger partial charge is 0.496 e. The van der Waals surface area contributed by atoms with Crippen molar-refractivity contribution in [2.45, 2.75) is 26.9 Å². The highest BCUT2D eigenvalue weighted by Crippen LogP contribution is 2.34. The van der Waals surface area contributed by atoms with E-state index in [1.54, 1.807) is 7.11 Å². The molecule has 0 radical (unpaired) electrons.